The molecule has 0 unspecified atom stereocenters. The lowest BCUT2D eigenvalue weighted by molar-refractivity contribution is 0.174. The first kappa shape index (κ1) is 15.5. The van der Waals surface area contributed by atoms with E-state index in [0.29, 0.717) is 5.11 Å². The van der Waals surface area contributed by atoms with Crippen LogP contribution < -0.4 is 20.1 Å². The molecule has 0 saturated heterocycles. The summed E-state index contributed by atoms with van der Waals surface area (Å²) < 4.78 is 10.7. The Balaban J connectivity index is 1.52. The van der Waals surface area contributed by atoms with Gasteiger partial charge in [-0.3, -0.25) is 0 Å². The number of hydrogen-bond acceptors (Lipinski definition) is 3. The zero-order valence-corrected chi connectivity index (χ0v) is 14.2. The molecule has 1 aliphatic heterocycles. The number of ether oxygens (including phenoxy) is 2. The predicted molar refractivity (Wildman–Crippen MR) is 104 cm³/mol. The highest BCUT2D eigenvalue weighted by molar-refractivity contribution is 7.80. The Morgan fingerprint density at radius 3 is 2.44 bits per heavy atom. The molecule has 0 saturated carbocycles. The van der Waals surface area contributed by atoms with E-state index in [-0.39, 0.29) is 6.79 Å². The van der Waals surface area contributed by atoms with Gasteiger partial charge in [-0.05, 0) is 36.0 Å². The molecule has 1 heterocycles. The molecule has 4 rings (SSSR count). The number of para-hydroxylation sites is 1. The van der Waals surface area contributed by atoms with Gasteiger partial charge >= 0.3 is 0 Å². The second-order valence-electron chi connectivity index (χ2n) is 5.56. The molecule has 3 aromatic carbocycles. The first-order valence-electron chi connectivity index (χ1n) is 7.92. The molecule has 1 aliphatic rings. The molecule has 0 bridgehead atoms. The van der Waals surface area contributed by atoms with Crippen molar-refractivity contribution in [1.29, 1.82) is 0 Å². The summed E-state index contributed by atoms with van der Waals surface area (Å²) in [6, 6.07) is 23.9. The Bertz CT molecular complexity index is 913. The normalized spacial score (nSPS) is 11.8. The van der Waals surface area contributed by atoms with Crippen molar-refractivity contribution in [2.75, 3.05) is 17.4 Å². The third kappa shape index (κ3) is 3.41. The second-order valence-corrected chi connectivity index (χ2v) is 5.97. The zero-order chi connectivity index (χ0) is 17.1. The summed E-state index contributed by atoms with van der Waals surface area (Å²) in [5.74, 6) is 1.47. The van der Waals surface area contributed by atoms with E-state index in [4.69, 9.17) is 21.7 Å². The zero-order valence-electron chi connectivity index (χ0n) is 13.4. The van der Waals surface area contributed by atoms with Crippen LogP contribution in [-0.2, 0) is 0 Å². The molecule has 0 spiro atoms. The monoisotopic (exact) mass is 348 g/mol. The van der Waals surface area contributed by atoms with Crippen LogP contribution >= 0.6 is 12.2 Å². The van der Waals surface area contributed by atoms with E-state index < -0.39 is 0 Å². The van der Waals surface area contributed by atoms with Crippen LogP contribution in [0.1, 0.15) is 0 Å². The molecule has 0 aliphatic carbocycles. The van der Waals surface area contributed by atoms with Gasteiger partial charge in [0.1, 0.15) is 0 Å². The molecule has 3 aromatic rings. The van der Waals surface area contributed by atoms with Crippen molar-refractivity contribution < 1.29 is 9.47 Å². The van der Waals surface area contributed by atoms with Crippen LogP contribution in [0.15, 0.2) is 72.8 Å². The van der Waals surface area contributed by atoms with Crippen molar-refractivity contribution in [3.8, 4) is 22.6 Å². The van der Waals surface area contributed by atoms with Crippen molar-refractivity contribution in [2.45, 2.75) is 0 Å². The van der Waals surface area contributed by atoms with E-state index in [1.165, 1.54) is 0 Å². The molecule has 124 valence electrons. The van der Waals surface area contributed by atoms with Crippen LogP contribution in [-0.4, -0.2) is 11.9 Å². The van der Waals surface area contributed by atoms with E-state index in [0.717, 1.165) is 34.0 Å². The number of hydrogen-bond donors (Lipinski definition) is 2. The molecule has 5 heteroatoms. The molecule has 25 heavy (non-hydrogen) atoms. The minimum Gasteiger partial charge on any atom is -0.454 e. The van der Waals surface area contributed by atoms with Gasteiger partial charge in [0.2, 0.25) is 6.79 Å². The van der Waals surface area contributed by atoms with Gasteiger partial charge in [0.15, 0.2) is 16.6 Å². The smallest absolute Gasteiger partial charge is 0.231 e. The van der Waals surface area contributed by atoms with Gasteiger partial charge in [-0.15, -0.1) is 0 Å². The summed E-state index contributed by atoms with van der Waals surface area (Å²) in [7, 11) is 0. The summed E-state index contributed by atoms with van der Waals surface area (Å²) in [5, 5.41) is 6.97. The number of thiocarbonyl (C=S) groups is 1. The SMILES string of the molecule is S=C(Nc1ccc2c(c1)OCO2)Nc1ccccc1-c1ccccc1. The Kier molecular flexibility index (Phi) is 4.23. The number of rotatable bonds is 3. The summed E-state index contributed by atoms with van der Waals surface area (Å²) in [6.45, 7) is 0.256. The van der Waals surface area contributed by atoms with Crippen LogP contribution in [0.25, 0.3) is 11.1 Å². The summed E-state index contributed by atoms with van der Waals surface area (Å²) >= 11 is 5.46. The fourth-order valence-electron chi connectivity index (χ4n) is 2.72. The van der Waals surface area contributed by atoms with Gasteiger partial charge in [0.25, 0.3) is 0 Å². The maximum absolute atomic E-state index is 5.46. The lowest BCUT2D eigenvalue weighted by atomic mass is 10.0. The van der Waals surface area contributed by atoms with Crippen LogP contribution in [0.4, 0.5) is 11.4 Å². The van der Waals surface area contributed by atoms with E-state index >= 15 is 0 Å². The lowest BCUT2D eigenvalue weighted by Gasteiger charge is -2.14. The average molecular weight is 348 g/mol. The van der Waals surface area contributed by atoms with E-state index in [2.05, 4.69) is 28.8 Å². The first-order valence-corrected chi connectivity index (χ1v) is 8.32. The van der Waals surface area contributed by atoms with Crippen molar-refractivity contribution in [3.63, 3.8) is 0 Å². The summed E-state index contributed by atoms with van der Waals surface area (Å²) in [6.07, 6.45) is 0. The van der Waals surface area contributed by atoms with Crippen LogP contribution in [0.3, 0.4) is 0 Å². The number of nitrogens with one attached hydrogen (secondary N) is 2. The third-order valence-corrected chi connectivity index (χ3v) is 4.09. The van der Waals surface area contributed by atoms with Crippen LogP contribution in [0.2, 0.25) is 0 Å². The van der Waals surface area contributed by atoms with Gasteiger partial charge in [-0.2, -0.15) is 0 Å². The highest BCUT2D eigenvalue weighted by Gasteiger charge is 2.13. The molecular weight excluding hydrogens is 332 g/mol. The van der Waals surface area contributed by atoms with Crippen molar-refractivity contribution in [1.82, 2.24) is 0 Å². The molecule has 0 fully saturated rings. The standard InChI is InChI=1S/C20H16N2O2S/c25-20(21-15-10-11-18-19(12-15)24-13-23-18)22-17-9-5-4-8-16(17)14-6-2-1-3-7-14/h1-12H,13H2,(H2,21,22,25). The van der Waals surface area contributed by atoms with Gasteiger partial charge in [0.05, 0.1) is 0 Å². The Morgan fingerprint density at radius 2 is 1.56 bits per heavy atom. The van der Waals surface area contributed by atoms with Crippen molar-refractivity contribution in [2.24, 2.45) is 0 Å². The van der Waals surface area contributed by atoms with E-state index in [9.17, 15) is 0 Å². The van der Waals surface area contributed by atoms with E-state index in [1.54, 1.807) is 0 Å². The van der Waals surface area contributed by atoms with Crippen LogP contribution in [0, 0.1) is 0 Å². The first-order chi connectivity index (χ1) is 12.3. The largest absolute Gasteiger partial charge is 0.454 e. The Morgan fingerprint density at radius 1 is 0.800 bits per heavy atom. The fraction of sp³-hybridized carbons (Fsp3) is 0.0500. The van der Waals surface area contributed by atoms with Gasteiger partial charge in [-0.25, -0.2) is 0 Å². The summed E-state index contributed by atoms with van der Waals surface area (Å²) in [5.41, 5.74) is 4.03. The van der Waals surface area contributed by atoms with Gasteiger partial charge in [-0.1, -0.05) is 48.5 Å². The molecule has 0 radical (unpaired) electrons. The summed E-state index contributed by atoms with van der Waals surface area (Å²) in [4.78, 5) is 0. The molecule has 0 aromatic heterocycles. The number of fused-ring (bicyclic) bond motifs is 1. The van der Waals surface area contributed by atoms with Crippen molar-refractivity contribution in [3.05, 3.63) is 72.8 Å². The number of benzene rings is 3. The molecule has 0 atom stereocenters. The second kappa shape index (κ2) is 6.83. The average Bonchev–Trinajstić information content (AvgIpc) is 3.10. The number of anilines is 2. The highest BCUT2D eigenvalue weighted by Crippen LogP contribution is 2.34. The molecular formula is C20H16N2O2S. The highest BCUT2D eigenvalue weighted by atomic mass is 32.1. The fourth-order valence-corrected chi connectivity index (χ4v) is 2.95. The molecule has 4 nitrogen and oxygen atoms in total. The maximum Gasteiger partial charge on any atom is 0.231 e. The molecule has 0 amide bonds. The Hall–Kier alpha value is -3.05. The minimum absolute atomic E-state index is 0.256. The minimum atomic E-state index is 0.256. The quantitative estimate of drug-likeness (QED) is 0.660. The maximum atomic E-state index is 5.46. The predicted octanol–water partition coefficient (Wildman–Crippen LogP) is 4.89. The topological polar surface area (TPSA) is 42.5 Å². The van der Waals surface area contributed by atoms with Crippen molar-refractivity contribution >= 4 is 28.7 Å². The van der Waals surface area contributed by atoms with Gasteiger partial charge in [0, 0.05) is 23.0 Å². The third-order valence-electron chi connectivity index (χ3n) is 3.89. The van der Waals surface area contributed by atoms with E-state index in [1.807, 2.05) is 54.6 Å². The van der Waals surface area contributed by atoms with Crippen LogP contribution in [0.5, 0.6) is 11.5 Å². The Labute approximate surface area is 151 Å². The van der Waals surface area contributed by atoms with Gasteiger partial charge < -0.3 is 20.1 Å². The lowest BCUT2D eigenvalue weighted by Crippen LogP contribution is -2.19. The molecule has 2 N–H and O–H groups in total.